The molecule has 1 N–H and O–H groups in total. The van der Waals surface area contributed by atoms with E-state index < -0.39 is 0 Å². The summed E-state index contributed by atoms with van der Waals surface area (Å²) in [7, 11) is 1.70. The maximum absolute atomic E-state index is 6.36. The number of methoxy groups -OCH3 is 1. The molecular formula is C31H30N3O4S+. The minimum absolute atomic E-state index is 0.288. The number of thiazole rings is 1. The quantitative estimate of drug-likeness (QED) is 0.173. The Bertz CT molecular complexity index is 1650. The highest BCUT2D eigenvalue weighted by atomic mass is 32.1. The second-order valence-corrected chi connectivity index (χ2v) is 10.9. The average molecular weight is 541 g/mol. The van der Waals surface area contributed by atoms with E-state index in [0.29, 0.717) is 6.61 Å². The lowest BCUT2D eigenvalue weighted by Crippen LogP contribution is -2.40. The summed E-state index contributed by atoms with van der Waals surface area (Å²) in [6, 6.07) is 18.8. The monoisotopic (exact) mass is 540 g/mol. The molecule has 0 fully saturated rings. The molecule has 4 heterocycles. The molecule has 5 aromatic rings. The Labute approximate surface area is 230 Å². The number of benzene rings is 3. The van der Waals surface area contributed by atoms with E-state index in [4.69, 9.17) is 18.9 Å². The zero-order valence-electron chi connectivity index (χ0n) is 21.9. The third-order valence-electron chi connectivity index (χ3n) is 7.43. The second kappa shape index (κ2) is 10.3. The van der Waals surface area contributed by atoms with Gasteiger partial charge in [0.2, 0.25) is 12.5 Å². The SMILES string of the molecule is COc1ccc2cc3[n+](cc2c1OCCCCCNc1nc2ccccc2s1)CCc1cc2c(cc1-3)OCO2. The lowest BCUT2D eigenvalue weighted by molar-refractivity contribution is -0.686. The van der Waals surface area contributed by atoms with E-state index in [-0.39, 0.29) is 6.79 Å². The molecule has 2 aliphatic heterocycles. The molecule has 0 atom stereocenters. The van der Waals surface area contributed by atoms with E-state index in [2.05, 4.69) is 63.5 Å². The number of para-hydroxylation sites is 1. The van der Waals surface area contributed by atoms with Crippen molar-refractivity contribution >= 4 is 37.5 Å². The van der Waals surface area contributed by atoms with Crippen molar-refractivity contribution < 1.29 is 23.5 Å². The van der Waals surface area contributed by atoms with Crippen LogP contribution in [0.15, 0.2) is 60.8 Å². The number of aromatic nitrogens is 2. The molecule has 0 saturated carbocycles. The molecule has 0 bridgehead atoms. The van der Waals surface area contributed by atoms with Crippen LogP contribution in [0.25, 0.3) is 32.2 Å². The van der Waals surface area contributed by atoms with Gasteiger partial charge in [0.25, 0.3) is 0 Å². The van der Waals surface area contributed by atoms with Crippen LogP contribution < -0.4 is 28.8 Å². The van der Waals surface area contributed by atoms with Gasteiger partial charge < -0.3 is 24.3 Å². The summed E-state index contributed by atoms with van der Waals surface area (Å²) < 4.78 is 26.8. The van der Waals surface area contributed by atoms with Crippen molar-refractivity contribution in [1.82, 2.24) is 4.98 Å². The highest BCUT2D eigenvalue weighted by molar-refractivity contribution is 7.22. The Morgan fingerprint density at radius 3 is 2.82 bits per heavy atom. The number of hydrogen-bond acceptors (Lipinski definition) is 7. The molecule has 2 aliphatic rings. The first-order valence-electron chi connectivity index (χ1n) is 13.5. The number of pyridine rings is 1. The maximum Gasteiger partial charge on any atom is 0.231 e. The van der Waals surface area contributed by atoms with E-state index in [1.165, 1.54) is 21.5 Å². The van der Waals surface area contributed by atoms with Crippen LogP contribution in [0.5, 0.6) is 23.0 Å². The summed E-state index contributed by atoms with van der Waals surface area (Å²) >= 11 is 1.70. The smallest absolute Gasteiger partial charge is 0.231 e. The van der Waals surface area contributed by atoms with Gasteiger partial charge in [-0.25, -0.2) is 4.98 Å². The van der Waals surface area contributed by atoms with Crippen LogP contribution in [0.4, 0.5) is 5.13 Å². The van der Waals surface area contributed by atoms with Gasteiger partial charge in [0.1, 0.15) is 0 Å². The standard InChI is InChI=1S/C31H30N3O4S/c1-35-26-10-9-20-15-25-22-17-28-27(37-19-38-28)16-21(22)11-13-34(25)18-23(20)30(26)36-14-6-2-5-12-32-31-33-24-7-3-4-8-29(24)39-31/h3-4,7-10,15-18H,2,5-6,11-14,19H2,1H3,(H,32,33)/q+1. The van der Waals surface area contributed by atoms with Crippen LogP contribution in [0.1, 0.15) is 24.8 Å². The summed E-state index contributed by atoms with van der Waals surface area (Å²) in [5.74, 6) is 3.24. The van der Waals surface area contributed by atoms with Crippen LogP contribution in [0.3, 0.4) is 0 Å². The van der Waals surface area contributed by atoms with Crippen molar-refractivity contribution in [3.05, 3.63) is 66.4 Å². The molecule has 0 aliphatic carbocycles. The summed E-state index contributed by atoms with van der Waals surface area (Å²) in [6.07, 6.45) is 6.26. The van der Waals surface area contributed by atoms with Crippen molar-refractivity contribution in [2.75, 3.05) is 32.4 Å². The maximum atomic E-state index is 6.36. The average Bonchev–Trinajstić information content (AvgIpc) is 3.60. The van der Waals surface area contributed by atoms with Crippen molar-refractivity contribution in [1.29, 1.82) is 0 Å². The summed E-state index contributed by atoms with van der Waals surface area (Å²) in [4.78, 5) is 4.65. The molecule has 7 rings (SSSR count). The number of fused-ring (bicyclic) bond motifs is 6. The lowest BCUT2D eigenvalue weighted by Gasteiger charge is -2.18. The van der Waals surface area contributed by atoms with Crippen molar-refractivity contribution in [2.45, 2.75) is 32.2 Å². The summed E-state index contributed by atoms with van der Waals surface area (Å²) in [6.45, 7) is 2.74. The van der Waals surface area contributed by atoms with Crippen molar-refractivity contribution in [2.24, 2.45) is 0 Å². The Morgan fingerprint density at radius 1 is 1.03 bits per heavy atom. The fraction of sp³-hybridized carbons (Fsp3) is 0.290. The molecule has 0 saturated heterocycles. The third-order valence-corrected chi connectivity index (χ3v) is 8.43. The Morgan fingerprint density at radius 2 is 1.92 bits per heavy atom. The number of anilines is 1. The molecular weight excluding hydrogens is 510 g/mol. The molecule has 39 heavy (non-hydrogen) atoms. The van der Waals surface area contributed by atoms with Crippen molar-refractivity contribution in [3.63, 3.8) is 0 Å². The van der Waals surface area contributed by atoms with Crippen LogP contribution in [0.2, 0.25) is 0 Å². The molecule has 0 unspecified atom stereocenters. The van der Waals surface area contributed by atoms with Gasteiger partial charge in [0, 0.05) is 19.0 Å². The number of nitrogens with zero attached hydrogens (tertiary/aromatic N) is 2. The van der Waals surface area contributed by atoms with Crippen LogP contribution in [0, 0.1) is 0 Å². The van der Waals surface area contributed by atoms with Gasteiger partial charge in [0.05, 0.1) is 34.9 Å². The minimum atomic E-state index is 0.288. The van der Waals surface area contributed by atoms with Gasteiger partial charge in [-0.15, -0.1) is 0 Å². The minimum Gasteiger partial charge on any atom is -0.493 e. The Balaban J connectivity index is 1.02. The molecule has 0 radical (unpaired) electrons. The van der Waals surface area contributed by atoms with Crippen LogP contribution in [-0.4, -0.2) is 32.0 Å². The fourth-order valence-corrected chi connectivity index (χ4v) is 6.32. The predicted molar refractivity (Wildman–Crippen MR) is 153 cm³/mol. The van der Waals surface area contributed by atoms with E-state index in [0.717, 1.165) is 83.2 Å². The largest absolute Gasteiger partial charge is 0.493 e. The zero-order valence-corrected chi connectivity index (χ0v) is 22.7. The van der Waals surface area contributed by atoms with Crippen LogP contribution in [-0.2, 0) is 13.0 Å². The number of unbranched alkanes of at least 4 members (excludes halogenated alkanes) is 2. The van der Waals surface area contributed by atoms with E-state index in [1.54, 1.807) is 18.4 Å². The van der Waals surface area contributed by atoms with E-state index in [1.807, 2.05) is 12.1 Å². The first kappa shape index (κ1) is 24.0. The number of hydrogen-bond donors (Lipinski definition) is 1. The van der Waals surface area contributed by atoms with E-state index >= 15 is 0 Å². The number of rotatable bonds is 9. The highest BCUT2D eigenvalue weighted by Crippen LogP contribution is 2.41. The lowest BCUT2D eigenvalue weighted by atomic mass is 9.95. The van der Waals surface area contributed by atoms with Gasteiger partial charge in [0.15, 0.2) is 40.9 Å². The van der Waals surface area contributed by atoms with Gasteiger partial charge in [-0.3, -0.25) is 0 Å². The van der Waals surface area contributed by atoms with Gasteiger partial charge >= 0.3 is 0 Å². The predicted octanol–water partition coefficient (Wildman–Crippen LogP) is 6.36. The number of nitrogens with one attached hydrogen (secondary N) is 1. The van der Waals surface area contributed by atoms with Gasteiger partial charge in [-0.1, -0.05) is 23.5 Å². The first-order valence-corrected chi connectivity index (χ1v) is 14.3. The summed E-state index contributed by atoms with van der Waals surface area (Å²) in [5.41, 5.74) is 4.73. The zero-order chi connectivity index (χ0) is 26.2. The fourth-order valence-electron chi connectivity index (χ4n) is 5.43. The van der Waals surface area contributed by atoms with Crippen LogP contribution >= 0.6 is 11.3 Å². The van der Waals surface area contributed by atoms with Gasteiger partial charge in [-0.05, 0) is 66.6 Å². The van der Waals surface area contributed by atoms with Gasteiger partial charge in [-0.2, -0.15) is 4.57 Å². The normalized spacial score (nSPS) is 13.4. The molecule has 198 valence electrons. The first-order chi connectivity index (χ1) is 19.3. The Hall–Kier alpha value is -4.04. The molecule has 8 heteroatoms. The molecule has 7 nitrogen and oxygen atoms in total. The Kier molecular flexibility index (Phi) is 6.32. The molecule has 3 aromatic carbocycles. The molecule has 0 spiro atoms. The molecule has 0 amide bonds. The topological polar surface area (TPSA) is 65.7 Å². The number of ether oxygens (including phenoxy) is 4. The molecule has 2 aromatic heterocycles. The van der Waals surface area contributed by atoms with Crippen molar-refractivity contribution in [3.8, 4) is 34.3 Å². The highest BCUT2D eigenvalue weighted by Gasteiger charge is 2.28. The number of aryl methyl sites for hydroxylation is 2. The third kappa shape index (κ3) is 4.59. The second-order valence-electron chi connectivity index (χ2n) is 9.89. The van der Waals surface area contributed by atoms with E-state index in [9.17, 15) is 0 Å². The summed E-state index contributed by atoms with van der Waals surface area (Å²) in [5, 5.41) is 6.65.